The predicted molar refractivity (Wildman–Crippen MR) is 157 cm³/mol. The van der Waals surface area contributed by atoms with Crippen molar-refractivity contribution in [1.29, 1.82) is 0 Å². The molecular weight excluding hydrogens is 529 g/mol. The fraction of sp³-hybridized carbons (Fsp3) is 0.290. The number of rotatable bonds is 7. The third-order valence-electron chi connectivity index (χ3n) is 6.65. The quantitative estimate of drug-likeness (QED) is 0.266. The maximum atomic E-state index is 13.5. The number of amides is 2. The largest absolute Gasteiger partial charge is 0.356 e. The first-order valence-electron chi connectivity index (χ1n) is 13.2. The van der Waals surface area contributed by atoms with Gasteiger partial charge in [0.05, 0.1) is 16.1 Å². The number of carbonyl (C=O) groups is 2. The molecule has 9 heteroatoms. The number of aromatic nitrogens is 2. The van der Waals surface area contributed by atoms with E-state index in [4.69, 9.17) is 21.6 Å². The van der Waals surface area contributed by atoms with Crippen LogP contribution in [0.3, 0.4) is 0 Å². The minimum absolute atomic E-state index is 0.0517. The maximum absolute atomic E-state index is 13.5. The van der Waals surface area contributed by atoms with Gasteiger partial charge in [0.1, 0.15) is 11.6 Å². The van der Waals surface area contributed by atoms with E-state index in [1.807, 2.05) is 32.9 Å². The number of fused-ring (bicyclic) bond motifs is 1. The normalized spacial score (nSPS) is 13.2. The van der Waals surface area contributed by atoms with Gasteiger partial charge in [-0.25, -0.2) is 14.4 Å². The van der Waals surface area contributed by atoms with E-state index in [0.717, 1.165) is 36.3 Å². The second kappa shape index (κ2) is 11.2. The molecule has 0 unspecified atom stereocenters. The van der Waals surface area contributed by atoms with Gasteiger partial charge in [0.15, 0.2) is 5.82 Å². The Morgan fingerprint density at radius 3 is 2.42 bits per heavy atom. The van der Waals surface area contributed by atoms with Crippen molar-refractivity contribution in [3.8, 4) is 11.4 Å². The molecular formula is C31H31ClFN5O2. The van der Waals surface area contributed by atoms with Crippen LogP contribution in [0.25, 0.3) is 22.3 Å². The Hall–Kier alpha value is -4.04. The lowest BCUT2D eigenvalue weighted by Crippen LogP contribution is -2.37. The Balaban J connectivity index is 1.39. The van der Waals surface area contributed by atoms with Crippen LogP contribution in [-0.4, -0.2) is 34.9 Å². The van der Waals surface area contributed by atoms with Gasteiger partial charge in [-0.3, -0.25) is 9.59 Å². The number of nitrogens with one attached hydrogen (secondary N) is 2. The van der Waals surface area contributed by atoms with E-state index in [1.54, 1.807) is 36.4 Å². The summed E-state index contributed by atoms with van der Waals surface area (Å²) in [5.41, 5.74) is 2.88. The van der Waals surface area contributed by atoms with Gasteiger partial charge in [0.25, 0.3) is 5.91 Å². The zero-order valence-corrected chi connectivity index (χ0v) is 23.5. The Bertz CT molecular complexity index is 1580. The van der Waals surface area contributed by atoms with Crippen LogP contribution in [0.15, 0.2) is 60.7 Å². The van der Waals surface area contributed by atoms with Crippen LogP contribution in [0.1, 0.15) is 49.5 Å². The Morgan fingerprint density at radius 2 is 1.75 bits per heavy atom. The second-order valence-corrected chi connectivity index (χ2v) is 11.6. The highest BCUT2D eigenvalue weighted by molar-refractivity contribution is 6.34. The monoisotopic (exact) mass is 559 g/mol. The van der Waals surface area contributed by atoms with E-state index in [-0.39, 0.29) is 23.0 Å². The zero-order valence-electron chi connectivity index (χ0n) is 22.7. The molecule has 4 aromatic rings. The number of benzene rings is 3. The van der Waals surface area contributed by atoms with Crippen LogP contribution >= 0.6 is 11.6 Å². The number of carbonyl (C=O) groups excluding carboxylic acids is 2. The third kappa shape index (κ3) is 6.39. The Labute approximate surface area is 237 Å². The Kier molecular flexibility index (Phi) is 7.72. The van der Waals surface area contributed by atoms with Crippen molar-refractivity contribution in [2.24, 2.45) is 5.41 Å². The van der Waals surface area contributed by atoms with E-state index in [2.05, 4.69) is 15.5 Å². The molecule has 0 atom stereocenters. The van der Waals surface area contributed by atoms with Gasteiger partial charge in [-0.1, -0.05) is 38.4 Å². The van der Waals surface area contributed by atoms with Gasteiger partial charge in [0, 0.05) is 42.7 Å². The fourth-order valence-corrected chi connectivity index (χ4v) is 4.69. The molecule has 0 bridgehead atoms. The average molecular weight is 560 g/mol. The van der Waals surface area contributed by atoms with Crippen LogP contribution in [0.5, 0.6) is 0 Å². The van der Waals surface area contributed by atoms with E-state index >= 15 is 0 Å². The van der Waals surface area contributed by atoms with E-state index in [1.165, 1.54) is 12.1 Å². The molecule has 0 spiro atoms. The van der Waals surface area contributed by atoms with Gasteiger partial charge >= 0.3 is 0 Å². The molecule has 0 aliphatic carbocycles. The highest BCUT2D eigenvalue weighted by Gasteiger charge is 2.21. The summed E-state index contributed by atoms with van der Waals surface area (Å²) in [6, 6.07) is 16.7. The van der Waals surface area contributed by atoms with Crippen molar-refractivity contribution in [3.05, 3.63) is 82.6 Å². The first kappa shape index (κ1) is 27.5. The number of hydrogen-bond donors (Lipinski definition) is 2. The molecule has 7 nitrogen and oxygen atoms in total. The van der Waals surface area contributed by atoms with Gasteiger partial charge in [-0.05, 0) is 72.0 Å². The fourth-order valence-electron chi connectivity index (χ4n) is 4.49. The Morgan fingerprint density at radius 1 is 1.00 bits per heavy atom. The predicted octanol–water partition coefficient (Wildman–Crippen LogP) is 6.60. The first-order valence-corrected chi connectivity index (χ1v) is 13.6. The second-order valence-electron chi connectivity index (χ2n) is 11.2. The van der Waals surface area contributed by atoms with Crippen molar-refractivity contribution >= 4 is 45.8 Å². The molecule has 3 aromatic carbocycles. The van der Waals surface area contributed by atoms with Crippen LogP contribution in [-0.2, 0) is 11.3 Å². The van der Waals surface area contributed by atoms with Crippen molar-refractivity contribution in [2.45, 2.75) is 40.2 Å². The van der Waals surface area contributed by atoms with Crippen LogP contribution < -0.4 is 15.5 Å². The van der Waals surface area contributed by atoms with E-state index in [0.29, 0.717) is 46.1 Å². The molecule has 1 aliphatic rings. The molecule has 40 heavy (non-hydrogen) atoms. The molecule has 2 heterocycles. The van der Waals surface area contributed by atoms with Crippen molar-refractivity contribution in [2.75, 3.05) is 23.3 Å². The topological polar surface area (TPSA) is 87.2 Å². The lowest BCUT2D eigenvalue weighted by atomic mass is 9.92. The number of nitrogens with zero attached hydrogens (tertiary/aromatic N) is 3. The summed E-state index contributed by atoms with van der Waals surface area (Å²) in [6.45, 7) is 8.12. The molecule has 5 rings (SSSR count). The summed E-state index contributed by atoms with van der Waals surface area (Å²) in [7, 11) is 0. The number of halogens is 2. The van der Waals surface area contributed by atoms with Crippen LogP contribution in [0.4, 0.5) is 15.9 Å². The highest BCUT2D eigenvalue weighted by Crippen LogP contribution is 2.32. The maximum Gasteiger partial charge on any atom is 0.257 e. The SMILES string of the molecule is CC(C)(C)CC(=O)NCc1ccc(Cl)c(C(=O)Nc2ccc3c(N4CCC4)nc(-c4ccc(F)cc4)nc3c2)c1. The first-order chi connectivity index (χ1) is 19.1. The number of anilines is 2. The minimum atomic E-state index is -0.372. The van der Waals surface area contributed by atoms with Crippen LogP contribution in [0, 0.1) is 11.2 Å². The van der Waals surface area contributed by atoms with E-state index < -0.39 is 0 Å². The van der Waals surface area contributed by atoms with Crippen molar-refractivity contribution in [1.82, 2.24) is 15.3 Å². The minimum Gasteiger partial charge on any atom is -0.356 e. The lowest BCUT2D eigenvalue weighted by Gasteiger charge is -2.33. The van der Waals surface area contributed by atoms with Gasteiger partial charge in [0.2, 0.25) is 5.91 Å². The summed E-state index contributed by atoms with van der Waals surface area (Å²) in [5.74, 6) is 0.555. The molecule has 1 aromatic heterocycles. The molecule has 1 fully saturated rings. The molecule has 1 aliphatic heterocycles. The molecule has 2 amide bonds. The van der Waals surface area contributed by atoms with E-state index in [9.17, 15) is 14.0 Å². The summed E-state index contributed by atoms with van der Waals surface area (Å²) in [4.78, 5) is 37.2. The summed E-state index contributed by atoms with van der Waals surface area (Å²) in [6.07, 6.45) is 1.49. The van der Waals surface area contributed by atoms with Gasteiger partial charge in [-0.15, -0.1) is 0 Å². The molecule has 2 N–H and O–H groups in total. The smallest absolute Gasteiger partial charge is 0.257 e. The molecule has 0 saturated carbocycles. The van der Waals surface area contributed by atoms with Crippen LogP contribution in [0.2, 0.25) is 5.02 Å². The standard InChI is InChI=1S/C31H31ClFN5O2/c1-31(2,3)17-27(39)34-18-19-5-12-25(32)24(15-19)30(40)35-22-10-11-23-26(16-22)36-28(20-6-8-21(33)9-7-20)37-29(23)38-13-4-14-38/h5-12,15-16H,4,13-14,17-18H2,1-3H3,(H,34,39)(H,35,40). The zero-order chi connectivity index (χ0) is 28.4. The molecule has 1 saturated heterocycles. The van der Waals surface area contributed by atoms with Crippen molar-refractivity contribution < 1.29 is 14.0 Å². The average Bonchev–Trinajstić information content (AvgIpc) is 2.86. The summed E-state index contributed by atoms with van der Waals surface area (Å²) < 4.78 is 13.5. The molecule has 206 valence electrons. The number of hydrogen-bond acceptors (Lipinski definition) is 5. The van der Waals surface area contributed by atoms with Gasteiger partial charge < -0.3 is 15.5 Å². The third-order valence-corrected chi connectivity index (χ3v) is 6.98. The summed E-state index contributed by atoms with van der Waals surface area (Å²) in [5, 5.41) is 7.01. The summed E-state index contributed by atoms with van der Waals surface area (Å²) >= 11 is 6.38. The highest BCUT2D eigenvalue weighted by atomic mass is 35.5. The lowest BCUT2D eigenvalue weighted by molar-refractivity contribution is -0.122. The van der Waals surface area contributed by atoms with Crippen molar-refractivity contribution in [3.63, 3.8) is 0 Å². The van der Waals surface area contributed by atoms with Gasteiger partial charge in [-0.2, -0.15) is 0 Å². The molecule has 0 radical (unpaired) electrons.